The van der Waals surface area contributed by atoms with Gasteiger partial charge in [-0.15, -0.1) is 11.8 Å². The molecule has 1 spiro atoms. The van der Waals surface area contributed by atoms with Crippen molar-refractivity contribution >= 4 is 51.1 Å². The second-order valence-electron chi connectivity index (χ2n) is 10.6. The number of carbonyl (C=O) groups is 3. The average Bonchev–Trinajstić information content (AvgIpc) is 3.51. The number of ether oxygens (including phenoxy) is 1. The van der Waals surface area contributed by atoms with Crippen molar-refractivity contribution in [1.82, 2.24) is 15.1 Å². The lowest BCUT2D eigenvalue weighted by Crippen LogP contribution is -2.55. The Hall–Kier alpha value is -1.66. The van der Waals surface area contributed by atoms with E-state index in [-0.39, 0.29) is 34.4 Å². The molecule has 1 aromatic carbocycles. The number of nitrogens with one attached hydrogen (secondary N) is 2. The van der Waals surface area contributed by atoms with Crippen LogP contribution in [-0.2, 0) is 19.1 Å². The normalized spacial score (nSPS) is 32.4. The number of unbranched alkanes of at least 4 members (excludes halogenated alkanes) is 2. The van der Waals surface area contributed by atoms with Crippen LogP contribution >= 0.6 is 27.7 Å². The van der Waals surface area contributed by atoms with Crippen LogP contribution in [0.25, 0.3) is 0 Å². The quantitative estimate of drug-likeness (QED) is 0.259. The standard InChI is InChI=1S/C27H37BrN4O5S/c28-19-17-27-21(20(22(19)38-27)24(34)30-18-7-3-1-4-8-18)26(36)32(10-5-2-6-14-33)23(27)25(35)29-9-11-31-12-15-37-16-13-31/h1,3-4,7-8,19-23,33H,2,5-6,9-17H2,(H,29,35)(H,30,34)/t19?,20-,21-,22-,23?,27?/m0/s1. The highest BCUT2D eigenvalue weighted by molar-refractivity contribution is 9.09. The van der Waals surface area contributed by atoms with E-state index in [4.69, 9.17) is 4.74 Å². The zero-order valence-electron chi connectivity index (χ0n) is 21.5. The van der Waals surface area contributed by atoms with E-state index in [9.17, 15) is 19.5 Å². The van der Waals surface area contributed by atoms with Gasteiger partial charge in [0.1, 0.15) is 6.04 Å². The smallest absolute Gasteiger partial charge is 0.244 e. The van der Waals surface area contributed by atoms with Crippen molar-refractivity contribution in [1.29, 1.82) is 0 Å². The van der Waals surface area contributed by atoms with Gasteiger partial charge in [-0.1, -0.05) is 34.1 Å². The molecule has 4 fully saturated rings. The number of rotatable bonds is 11. The van der Waals surface area contributed by atoms with Crippen LogP contribution in [0.15, 0.2) is 30.3 Å². The highest BCUT2D eigenvalue weighted by Crippen LogP contribution is 2.67. The first kappa shape index (κ1) is 27.9. The first-order valence-electron chi connectivity index (χ1n) is 13.6. The van der Waals surface area contributed by atoms with Gasteiger partial charge in [-0.2, -0.15) is 0 Å². The molecule has 1 aromatic rings. The Labute approximate surface area is 236 Å². The molecule has 4 aliphatic heterocycles. The fourth-order valence-electron chi connectivity index (χ4n) is 6.55. The van der Waals surface area contributed by atoms with Gasteiger partial charge in [0.2, 0.25) is 17.7 Å². The van der Waals surface area contributed by atoms with Crippen molar-refractivity contribution in [2.45, 2.75) is 46.5 Å². The van der Waals surface area contributed by atoms with Gasteiger partial charge in [0.25, 0.3) is 0 Å². The number of hydrogen-bond acceptors (Lipinski definition) is 7. The molecule has 3 unspecified atom stereocenters. The molecule has 4 heterocycles. The van der Waals surface area contributed by atoms with Crippen LogP contribution in [0.4, 0.5) is 5.69 Å². The van der Waals surface area contributed by atoms with Crippen LogP contribution in [0, 0.1) is 11.8 Å². The fourth-order valence-corrected chi connectivity index (χ4v) is 10.2. The molecule has 6 atom stereocenters. The third-order valence-corrected chi connectivity index (χ3v) is 11.5. The van der Waals surface area contributed by atoms with Crippen LogP contribution < -0.4 is 10.6 Å². The molecule has 3 amide bonds. The Bertz CT molecular complexity index is 1010. The SMILES string of the molecule is O=C(NCCN1CCOCC1)C1N(CCCCCO)C(=O)[C@@H]2[C@H](C(=O)Nc3ccccc3)[C@H]3SC12CC3Br. The van der Waals surface area contributed by atoms with Crippen molar-refractivity contribution < 1.29 is 24.2 Å². The van der Waals surface area contributed by atoms with Crippen molar-refractivity contribution in [3.8, 4) is 0 Å². The average molecular weight is 610 g/mol. The number of hydrogen-bond donors (Lipinski definition) is 3. The number of anilines is 1. The van der Waals surface area contributed by atoms with Crippen molar-refractivity contribution in [3.05, 3.63) is 30.3 Å². The third kappa shape index (κ3) is 5.37. The first-order valence-corrected chi connectivity index (χ1v) is 15.4. The molecule has 11 heteroatoms. The van der Waals surface area contributed by atoms with E-state index in [1.165, 1.54) is 0 Å². The summed E-state index contributed by atoms with van der Waals surface area (Å²) in [6, 6.07) is 8.69. The summed E-state index contributed by atoms with van der Waals surface area (Å²) in [4.78, 5) is 45.5. The van der Waals surface area contributed by atoms with Gasteiger partial charge in [0.05, 0.1) is 29.8 Å². The van der Waals surface area contributed by atoms with Gasteiger partial charge < -0.3 is 25.4 Å². The number of fused-ring (bicyclic) bond motifs is 1. The predicted octanol–water partition coefficient (Wildman–Crippen LogP) is 1.70. The van der Waals surface area contributed by atoms with Crippen LogP contribution in [0.3, 0.4) is 0 Å². The van der Waals surface area contributed by atoms with Gasteiger partial charge in [-0.25, -0.2) is 0 Å². The number of thioether (sulfide) groups is 1. The molecular weight excluding hydrogens is 572 g/mol. The molecule has 4 saturated heterocycles. The number of morpholine rings is 1. The number of likely N-dealkylation sites (tertiary alicyclic amines) is 1. The number of halogens is 1. The summed E-state index contributed by atoms with van der Waals surface area (Å²) < 4.78 is 4.77. The number of alkyl halides is 1. The number of benzene rings is 1. The number of aliphatic hydroxyl groups excluding tert-OH is 1. The molecule has 2 bridgehead atoms. The molecule has 5 rings (SSSR count). The Balaban J connectivity index is 1.36. The van der Waals surface area contributed by atoms with Crippen molar-refractivity contribution in [3.63, 3.8) is 0 Å². The topological polar surface area (TPSA) is 111 Å². The lowest BCUT2D eigenvalue weighted by molar-refractivity contribution is -0.139. The summed E-state index contributed by atoms with van der Waals surface area (Å²) in [5.41, 5.74) is 0.703. The second-order valence-corrected chi connectivity index (χ2v) is 13.3. The van der Waals surface area contributed by atoms with E-state index in [2.05, 4.69) is 31.5 Å². The molecule has 0 saturated carbocycles. The van der Waals surface area contributed by atoms with E-state index in [0.29, 0.717) is 51.3 Å². The largest absolute Gasteiger partial charge is 0.396 e. The number of amides is 3. The number of para-hydroxylation sites is 1. The minimum absolute atomic E-state index is 0.0427. The van der Waals surface area contributed by atoms with E-state index in [1.807, 2.05) is 30.3 Å². The molecule has 38 heavy (non-hydrogen) atoms. The summed E-state index contributed by atoms with van der Waals surface area (Å²) in [5.74, 6) is -1.44. The van der Waals surface area contributed by atoms with Gasteiger partial charge >= 0.3 is 0 Å². The maximum Gasteiger partial charge on any atom is 0.244 e. The molecule has 0 aromatic heterocycles. The summed E-state index contributed by atoms with van der Waals surface area (Å²) in [6.07, 6.45) is 2.81. The Morgan fingerprint density at radius 1 is 1.11 bits per heavy atom. The van der Waals surface area contributed by atoms with Crippen molar-refractivity contribution in [2.75, 3.05) is 57.9 Å². The molecular formula is C27H37BrN4O5S. The molecule has 0 radical (unpaired) electrons. The van der Waals surface area contributed by atoms with E-state index < -0.39 is 22.6 Å². The Morgan fingerprint density at radius 3 is 2.61 bits per heavy atom. The number of nitrogens with zero attached hydrogens (tertiary/aromatic N) is 2. The summed E-state index contributed by atoms with van der Waals surface area (Å²) in [5, 5.41) is 15.3. The molecule has 208 valence electrons. The Kier molecular flexibility index (Phi) is 8.99. The summed E-state index contributed by atoms with van der Waals surface area (Å²) in [7, 11) is 0. The number of carbonyl (C=O) groups excluding carboxylic acids is 3. The maximum atomic E-state index is 14.0. The zero-order chi connectivity index (χ0) is 26.7. The van der Waals surface area contributed by atoms with Gasteiger partial charge in [0, 0.05) is 55.1 Å². The zero-order valence-corrected chi connectivity index (χ0v) is 23.9. The van der Waals surface area contributed by atoms with Gasteiger partial charge in [-0.05, 0) is 37.8 Å². The minimum Gasteiger partial charge on any atom is -0.396 e. The summed E-state index contributed by atoms with van der Waals surface area (Å²) >= 11 is 5.46. The van der Waals surface area contributed by atoms with Crippen molar-refractivity contribution in [2.24, 2.45) is 11.8 Å². The minimum atomic E-state index is -0.644. The number of aliphatic hydroxyl groups is 1. The lowest BCUT2D eigenvalue weighted by atomic mass is 9.70. The van der Waals surface area contributed by atoms with Crippen LogP contribution in [0.1, 0.15) is 25.7 Å². The fraction of sp³-hybridized carbons (Fsp3) is 0.667. The molecule has 3 N–H and O–H groups in total. The summed E-state index contributed by atoms with van der Waals surface area (Å²) in [6.45, 7) is 4.90. The molecule has 0 aliphatic carbocycles. The monoisotopic (exact) mass is 608 g/mol. The van der Waals surface area contributed by atoms with Crippen LogP contribution in [-0.4, -0.2) is 106 Å². The van der Waals surface area contributed by atoms with Gasteiger partial charge in [-0.3, -0.25) is 19.3 Å². The van der Waals surface area contributed by atoms with E-state index >= 15 is 0 Å². The Morgan fingerprint density at radius 2 is 1.87 bits per heavy atom. The molecule has 4 aliphatic rings. The first-order chi connectivity index (χ1) is 18.5. The van der Waals surface area contributed by atoms with E-state index in [0.717, 1.165) is 26.1 Å². The maximum absolute atomic E-state index is 14.0. The van der Waals surface area contributed by atoms with Crippen LogP contribution in [0.5, 0.6) is 0 Å². The second kappa shape index (κ2) is 12.2. The third-order valence-electron chi connectivity index (χ3n) is 8.27. The highest BCUT2D eigenvalue weighted by atomic mass is 79.9. The lowest BCUT2D eigenvalue weighted by Gasteiger charge is -2.35. The van der Waals surface area contributed by atoms with Crippen LogP contribution in [0.2, 0.25) is 0 Å². The highest BCUT2D eigenvalue weighted by Gasteiger charge is 2.75. The van der Waals surface area contributed by atoms with E-state index in [1.54, 1.807) is 16.7 Å². The predicted molar refractivity (Wildman–Crippen MR) is 150 cm³/mol. The molecule has 9 nitrogen and oxygen atoms in total. The van der Waals surface area contributed by atoms with Gasteiger partial charge in [0.15, 0.2) is 0 Å².